The molecule has 2 atom stereocenters. The molecule has 0 aliphatic carbocycles. The lowest BCUT2D eigenvalue weighted by molar-refractivity contribution is -0.160. The zero-order valence-corrected chi connectivity index (χ0v) is 17.5. The number of carbonyl (C=O) groups excluding carboxylic acids is 2. The van der Waals surface area contributed by atoms with Crippen LogP contribution in [-0.2, 0) is 14.3 Å². The summed E-state index contributed by atoms with van der Waals surface area (Å²) in [6.45, 7) is -3.97. The molecule has 0 bridgehead atoms. The standard InChI is InChI=1S/C22H20F4N2O6/c23-19(24)12-1-5-14(6-2-12)33-15-7-3-13(4-8-15)20(30)27-10-18(29)28-11-16(34-22(25)26)9-17(28)21(31)32/h1-8,16-17,19,22H,9-11H2,(H,27,30)(H,31,32)/t16-,17+/m1/s1. The lowest BCUT2D eigenvalue weighted by atomic mass is 10.2. The first kappa shape index (κ1) is 25.0. The molecule has 0 aromatic heterocycles. The van der Waals surface area contributed by atoms with Crippen LogP contribution in [0.1, 0.15) is 28.8 Å². The van der Waals surface area contributed by atoms with Gasteiger partial charge in [-0.3, -0.25) is 9.59 Å². The fraction of sp³-hybridized carbons (Fsp3) is 0.318. The number of alkyl halides is 4. The van der Waals surface area contributed by atoms with Crippen LogP contribution in [0.5, 0.6) is 11.5 Å². The van der Waals surface area contributed by atoms with E-state index in [1.165, 1.54) is 48.5 Å². The topological polar surface area (TPSA) is 105 Å². The summed E-state index contributed by atoms with van der Waals surface area (Å²) in [5.74, 6) is -2.09. The summed E-state index contributed by atoms with van der Waals surface area (Å²) in [7, 11) is 0. The molecule has 1 fully saturated rings. The van der Waals surface area contributed by atoms with Crippen molar-refractivity contribution in [2.75, 3.05) is 13.1 Å². The van der Waals surface area contributed by atoms with E-state index in [4.69, 9.17) is 4.74 Å². The van der Waals surface area contributed by atoms with E-state index in [-0.39, 0.29) is 24.1 Å². The van der Waals surface area contributed by atoms with Crippen LogP contribution >= 0.6 is 0 Å². The van der Waals surface area contributed by atoms with E-state index in [1.807, 2.05) is 0 Å². The number of aliphatic carboxylic acids is 1. The molecule has 2 amide bonds. The number of halogens is 4. The van der Waals surface area contributed by atoms with Gasteiger partial charge in [-0.05, 0) is 48.5 Å². The van der Waals surface area contributed by atoms with Gasteiger partial charge in [0.25, 0.3) is 12.3 Å². The molecule has 0 saturated carbocycles. The third-order valence-electron chi connectivity index (χ3n) is 5.05. The Labute approximate surface area is 191 Å². The number of nitrogens with zero attached hydrogens (tertiary/aromatic N) is 1. The third kappa shape index (κ3) is 6.44. The summed E-state index contributed by atoms with van der Waals surface area (Å²) in [6.07, 6.45) is -4.00. The van der Waals surface area contributed by atoms with Crippen molar-refractivity contribution in [1.29, 1.82) is 0 Å². The van der Waals surface area contributed by atoms with Crippen molar-refractivity contribution >= 4 is 17.8 Å². The molecule has 1 aliphatic heterocycles. The van der Waals surface area contributed by atoms with Crippen LogP contribution in [-0.4, -0.2) is 59.6 Å². The van der Waals surface area contributed by atoms with E-state index in [2.05, 4.69) is 10.1 Å². The Morgan fingerprint density at radius 2 is 1.59 bits per heavy atom. The summed E-state index contributed by atoms with van der Waals surface area (Å²) in [5, 5.41) is 11.6. The SMILES string of the molecule is O=C(NCC(=O)N1C[C@H](OC(F)F)C[C@H]1C(=O)O)c1ccc(Oc2ccc(C(F)F)cc2)cc1. The maximum Gasteiger partial charge on any atom is 0.345 e. The zero-order valence-electron chi connectivity index (χ0n) is 17.5. The Balaban J connectivity index is 1.54. The van der Waals surface area contributed by atoms with Crippen LogP contribution in [0.2, 0.25) is 0 Å². The third-order valence-corrected chi connectivity index (χ3v) is 5.05. The average molecular weight is 484 g/mol. The maximum absolute atomic E-state index is 12.6. The van der Waals surface area contributed by atoms with Crippen molar-refractivity contribution in [1.82, 2.24) is 10.2 Å². The number of rotatable bonds is 9. The molecule has 0 spiro atoms. The van der Waals surface area contributed by atoms with Gasteiger partial charge in [0.15, 0.2) is 0 Å². The molecule has 2 aromatic carbocycles. The maximum atomic E-state index is 12.6. The predicted molar refractivity (Wildman–Crippen MR) is 109 cm³/mol. The summed E-state index contributed by atoms with van der Waals surface area (Å²) < 4.78 is 59.9. The van der Waals surface area contributed by atoms with Crippen molar-refractivity contribution in [3.8, 4) is 11.5 Å². The summed E-state index contributed by atoms with van der Waals surface area (Å²) in [5.41, 5.74) is 0.0258. The minimum atomic E-state index is -3.10. The van der Waals surface area contributed by atoms with Crippen molar-refractivity contribution < 1.29 is 46.5 Å². The molecule has 0 radical (unpaired) electrons. The van der Waals surface area contributed by atoms with Gasteiger partial charge in [-0.15, -0.1) is 0 Å². The Morgan fingerprint density at radius 1 is 1.00 bits per heavy atom. The zero-order chi connectivity index (χ0) is 24.8. The first-order valence-electron chi connectivity index (χ1n) is 10.0. The number of likely N-dealkylation sites (tertiary alicyclic amines) is 1. The van der Waals surface area contributed by atoms with Gasteiger partial charge in [-0.25, -0.2) is 13.6 Å². The largest absolute Gasteiger partial charge is 0.480 e. The van der Waals surface area contributed by atoms with Crippen molar-refractivity contribution in [3.05, 3.63) is 59.7 Å². The minimum absolute atomic E-state index is 0.144. The molecule has 12 heteroatoms. The van der Waals surface area contributed by atoms with Crippen molar-refractivity contribution in [3.63, 3.8) is 0 Å². The van der Waals surface area contributed by atoms with Crippen LogP contribution in [0, 0.1) is 0 Å². The number of hydrogen-bond donors (Lipinski definition) is 2. The second-order valence-electron chi connectivity index (χ2n) is 7.33. The number of benzene rings is 2. The normalized spacial score (nSPS) is 17.8. The van der Waals surface area contributed by atoms with Crippen molar-refractivity contribution in [2.45, 2.75) is 31.6 Å². The van der Waals surface area contributed by atoms with E-state index in [0.717, 1.165) is 4.90 Å². The van der Waals surface area contributed by atoms with E-state index >= 15 is 0 Å². The Bertz CT molecular complexity index is 1020. The highest BCUT2D eigenvalue weighted by Crippen LogP contribution is 2.26. The Hall–Kier alpha value is -3.67. The molecule has 0 unspecified atom stereocenters. The fourth-order valence-corrected chi connectivity index (χ4v) is 3.40. The molecule has 2 aromatic rings. The molecule has 34 heavy (non-hydrogen) atoms. The van der Waals surface area contributed by atoms with Crippen LogP contribution in [0.4, 0.5) is 17.6 Å². The Morgan fingerprint density at radius 3 is 2.12 bits per heavy atom. The second kappa shape index (κ2) is 11.0. The van der Waals surface area contributed by atoms with E-state index in [1.54, 1.807) is 0 Å². The Kier molecular flexibility index (Phi) is 8.05. The molecule has 2 N–H and O–H groups in total. The molecule has 8 nitrogen and oxygen atoms in total. The molecule has 1 aliphatic rings. The number of nitrogens with one attached hydrogen (secondary N) is 1. The second-order valence-corrected chi connectivity index (χ2v) is 7.33. The van der Waals surface area contributed by atoms with Gasteiger partial charge in [0.2, 0.25) is 5.91 Å². The molecular weight excluding hydrogens is 464 g/mol. The number of hydrogen-bond acceptors (Lipinski definition) is 5. The van der Waals surface area contributed by atoms with Gasteiger partial charge in [0, 0.05) is 24.1 Å². The highest BCUT2D eigenvalue weighted by atomic mass is 19.3. The number of ether oxygens (including phenoxy) is 2. The predicted octanol–water partition coefficient (Wildman–Crippen LogP) is 3.44. The number of amides is 2. The van der Waals surface area contributed by atoms with E-state index in [0.29, 0.717) is 11.5 Å². The number of carboxylic acids is 1. The van der Waals surface area contributed by atoms with Crippen LogP contribution in [0.15, 0.2) is 48.5 Å². The van der Waals surface area contributed by atoms with E-state index in [9.17, 15) is 37.1 Å². The summed E-state index contributed by atoms with van der Waals surface area (Å²) in [6, 6.07) is 9.64. The summed E-state index contributed by atoms with van der Waals surface area (Å²) >= 11 is 0. The van der Waals surface area contributed by atoms with Gasteiger partial charge in [0.1, 0.15) is 17.5 Å². The van der Waals surface area contributed by atoms with Crippen molar-refractivity contribution in [2.24, 2.45) is 0 Å². The first-order valence-corrected chi connectivity index (χ1v) is 10.0. The van der Waals surface area contributed by atoms with Gasteiger partial charge in [-0.1, -0.05) is 0 Å². The van der Waals surface area contributed by atoms with Crippen LogP contribution in [0.3, 0.4) is 0 Å². The molecule has 182 valence electrons. The molecule has 1 heterocycles. The van der Waals surface area contributed by atoms with Gasteiger partial charge in [0.05, 0.1) is 12.6 Å². The fourth-order valence-electron chi connectivity index (χ4n) is 3.40. The van der Waals surface area contributed by atoms with Crippen LogP contribution < -0.4 is 10.1 Å². The minimum Gasteiger partial charge on any atom is -0.480 e. The lowest BCUT2D eigenvalue weighted by Gasteiger charge is -2.21. The van der Waals surface area contributed by atoms with Crippen LogP contribution in [0.25, 0.3) is 0 Å². The van der Waals surface area contributed by atoms with Gasteiger partial charge < -0.3 is 24.8 Å². The number of carboxylic acid groups (broad SMARTS) is 1. The lowest BCUT2D eigenvalue weighted by Crippen LogP contribution is -2.45. The monoisotopic (exact) mass is 484 g/mol. The highest BCUT2D eigenvalue weighted by molar-refractivity contribution is 5.97. The van der Waals surface area contributed by atoms with Gasteiger partial charge in [-0.2, -0.15) is 8.78 Å². The number of carbonyl (C=O) groups is 3. The quantitative estimate of drug-likeness (QED) is 0.529. The molecule has 3 rings (SSSR count). The first-order chi connectivity index (χ1) is 16.1. The average Bonchev–Trinajstić information content (AvgIpc) is 3.21. The molecular formula is C22H20F4N2O6. The molecule has 1 saturated heterocycles. The smallest absolute Gasteiger partial charge is 0.345 e. The summed E-state index contributed by atoms with van der Waals surface area (Å²) in [4.78, 5) is 36.9. The highest BCUT2D eigenvalue weighted by Gasteiger charge is 2.41. The van der Waals surface area contributed by atoms with E-state index < -0.39 is 49.5 Å². The van der Waals surface area contributed by atoms with Gasteiger partial charge >= 0.3 is 12.6 Å².